The van der Waals surface area contributed by atoms with Gasteiger partial charge in [0.2, 0.25) is 0 Å². The molecule has 0 bridgehead atoms. The molecule has 1 aromatic heterocycles. The van der Waals surface area contributed by atoms with Gasteiger partial charge in [-0.2, -0.15) is 0 Å². The van der Waals surface area contributed by atoms with Crippen molar-refractivity contribution >= 4 is 17.4 Å². The number of nitrogens with zero attached hydrogens (tertiary/aromatic N) is 2. The van der Waals surface area contributed by atoms with Crippen LogP contribution in [-0.4, -0.2) is 19.6 Å². The van der Waals surface area contributed by atoms with Crippen molar-refractivity contribution < 1.29 is 10.0 Å². The van der Waals surface area contributed by atoms with Crippen molar-refractivity contribution in [2.45, 2.75) is 13.1 Å². The van der Waals surface area contributed by atoms with Gasteiger partial charge in [0.25, 0.3) is 5.91 Å². The zero-order valence-corrected chi connectivity index (χ0v) is 11.7. The molecule has 0 unspecified atom stereocenters. The van der Waals surface area contributed by atoms with E-state index in [9.17, 15) is 14.4 Å². The lowest BCUT2D eigenvalue weighted by molar-refractivity contribution is -0.124. The maximum atomic E-state index is 12.1. The number of nitrogens with one attached hydrogen (secondary N) is 1. The first-order valence-electron chi connectivity index (χ1n) is 6.07. The first kappa shape index (κ1) is 14.9. The standard InChI is InChI=1S/C13H13N3O4S/c17-11(14-20)7-4-8-16-12(18)15(13(19)21-16)9-10-5-2-1-3-6-10/h1-7,20H,8-9H2,(H,14,17)/b7-4+. The fourth-order valence-electron chi connectivity index (χ4n) is 1.70. The summed E-state index contributed by atoms with van der Waals surface area (Å²) in [6.07, 6.45) is 2.47. The second kappa shape index (κ2) is 6.82. The number of carbonyl (C=O) groups is 1. The average Bonchev–Trinajstić information content (AvgIpc) is 2.76. The molecule has 0 aliphatic rings. The van der Waals surface area contributed by atoms with Gasteiger partial charge < -0.3 is 0 Å². The summed E-state index contributed by atoms with van der Waals surface area (Å²) in [5.41, 5.74) is 1.87. The molecular formula is C13H13N3O4S. The number of hydroxylamine groups is 1. The molecule has 0 fully saturated rings. The van der Waals surface area contributed by atoms with Crippen molar-refractivity contribution in [2.24, 2.45) is 0 Å². The molecule has 2 rings (SSSR count). The predicted octanol–water partition coefficient (Wildman–Crippen LogP) is 0.181. The smallest absolute Gasteiger partial charge is 0.288 e. The monoisotopic (exact) mass is 307 g/mol. The summed E-state index contributed by atoms with van der Waals surface area (Å²) in [5, 5.41) is 8.33. The molecular weight excluding hydrogens is 294 g/mol. The van der Waals surface area contributed by atoms with Crippen LogP contribution in [0.3, 0.4) is 0 Å². The largest absolute Gasteiger partial charge is 0.341 e. The van der Waals surface area contributed by atoms with Crippen LogP contribution in [0.15, 0.2) is 52.1 Å². The van der Waals surface area contributed by atoms with Gasteiger partial charge in [-0.3, -0.25) is 14.8 Å². The summed E-state index contributed by atoms with van der Waals surface area (Å²) < 4.78 is 2.38. The Bertz CT molecular complexity index is 758. The Hall–Kier alpha value is -2.45. The average molecular weight is 307 g/mol. The zero-order chi connectivity index (χ0) is 15.2. The van der Waals surface area contributed by atoms with Crippen molar-refractivity contribution in [3.05, 3.63) is 68.2 Å². The van der Waals surface area contributed by atoms with E-state index in [4.69, 9.17) is 5.21 Å². The topological polar surface area (TPSA) is 93.3 Å². The van der Waals surface area contributed by atoms with E-state index >= 15 is 0 Å². The highest BCUT2D eigenvalue weighted by Crippen LogP contribution is 2.00. The second-order valence-corrected chi connectivity index (χ2v) is 5.12. The van der Waals surface area contributed by atoms with Gasteiger partial charge in [0.15, 0.2) is 0 Å². The molecule has 8 heteroatoms. The Labute approximate surface area is 123 Å². The maximum Gasteiger partial charge on any atom is 0.341 e. The van der Waals surface area contributed by atoms with Crippen LogP contribution in [0.25, 0.3) is 0 Å². The minimum absolute atomic E-state index is 0.0912. The summed E-state index contributed by atoms with van der Waals surface area (Å²) in [4.78, 5) is 34.4. The number of allylic oxidation sites excluding steroid dienone is 1. The fourth-order valence-corrected chi connectivity index (χ4v) is 2.47. The Morgan fingerprint density at radius 2 is 2.00 bits per heavy atom. The van der Waals surface area contributed by atoms with Gasteiger partial charge in [0.05, 0.1) is 13.1 Å². The molecule has 1 heterocycles. The SMILES string of the molecule is O=C(/C=C/Cn1sc(=O)n(Cc2ccccc2)c1=O)NO. The van der Waals surface area contributed by atoms with Crippen molar-refractivity contribution in [3.63, 3.8) is 0 Å². The highest BCUT2D eigenvalue weighted by atomic mass is 32.1. The van der Waals surface area contributed by atoms with E-state index in [-0.39, 0.29) is 18.0 Å². The van der Waals surface area contributed by atoms with E-state index < -0.39 is 11.6 Å². The predicted molar refractivity (Wildman–Crippen MR) is 77.5 cm³/mol. The van der Waals surface area contributed by atoms with E-state index in [1.54, 1.807) is 0 Å². The minimum atomic E-state index is -0.695. The van der Waals surface area contributed by atoms with Crippen LogP contribution in [0, 0.1) is 0 Å². The third-order valence-corrected chi connectivity index (χ3v) is 3.59. The number of hydrogen-bond acceptors (Lipinski definition) is 5. The lowest BCUT2D eigenvalue weighted by Crippen LogP contribution is -2.29. The van der Waals surface area contributed by atoms with Crippen molar-refractivity contribution in [1.29, 1.82) is 0 Å². The number of hydrogen-bond donors (Lipinski definition) is 2. The third-order valence-electron chi connectivity index (χ3n) is 2.69. The summed E-state index contributed by atoms with van der Waals surface area (Å²) in [6, 6.07) is 9.19. The van der Waals surface area contributed by atoms with Crippen LogP contribution in [0.4, 0.5) is 0 Å². The Morgan fingerprint density at radius 1 is 1.29 bits per heavy atom. The van der Waals surface area contributed by atoms with Gasteiger partial charge in [0, 0.05) is 17.6 Å². The molecule has 0 saturated carbocycles. The van der Waals surface area contributed by atoms with Crippen LogP contribution in [0.2, 0.25) is 0 Å². The minimum Gasteiger partial charge on any atom is -0.288 e. The van der Waals surface area contributed by atoms with E-state index in [0.29, 0.717) is 0 Å². The highest BCUT2D eigenvalue weighted by Gasteiger charge is 2.09. The molecule has 0 aliphatic heterocycles. The van der Waals surface area contributed by atoms with Crippen molar-refractivity contribution in [3.8, 4) is 0 Å². The van der Waals surface area contributed by atoms with Crippen LogP contribution in [0.1, 0.15) is 5.56 Å². The van der Waals surface area contributed by atoms with Gasteiger partial charge >= 0.3 is 10.6 Å². The molecule has 0 spiro atoms. The van der Waals surface area contributed by atoms with Gasteiger partial charge in [-0.1, -0.05) is 36.4 Å². The third kappa shape index (κ3) is 3.77. The molecule has 0 atom stereocenters. The Morgan fingerprint density at radius 3 is 2.67 bits per heavy atom. The zero-order valence-electron chi connectivity index (χ0n) is 10.9. The molecule has 7 nitrogen and oxygen atoms in total. The summed E-state index contributed by atoms with van der Waals surface area (Å²) in [5.74, 6) is -0.695. The van der Waals surface area contributed by atoms with Crippen molar-refractivity contribution in [1.82, 2.24) is 14.0 Å². The summed E-state index contributed by atoms with van der Waals surface area (Å²) in [6.45, 7) is 0.302. The summed E-state index contributed by atoms with van der Waals surface area (Å²) in [7, 11) is 0. The molecule has 2 N–H and O–H groups in total. The van der Waals surface area contributed by atoms with Gasteiger partial charge in [-0.25, -0.2) is 18.8 Å². The number of carbonyl (C=O) groups excluding carboxylic acids is 1. The first-order chi connectivity index (χ1) is 10.1. The van der Waals surface area contributed by atoms with E-state index in [1.807, 2.05) is 30.3 Å². The van der Waals surface area contributed by atoms with Crippen LogP contribution >= 0.6 is 11.5 Å². The fraction of sp³-hybridized carbons (Fsp3) is 0.154. The highest BCUT2D eigenvalue weighted by molar-refractivity contribution is 7.03. The van der Waals surface area contributed by atoms with Crippen molar-refractivity contribution in [2.75, 3.05) is 0 Å². The van der Waals surface area contributed by atoms with Crippen LogP contribution in [0.5, 0.6) is 0 Å². The van der Waals surface area contributed by atoms with Gasteiger partial charge in [-0.15, -0.1) is 0 Å². The quantitative estimate of drug-likeness (QED) is 0.468. The normalized spacial score (nSPS) is 10.9. The Kier molecular flexibility index (Phi) is 4.85. The molecule has 0 aliphatic carbocycles. The summed E-state index contributed by atoms with van der Waals surface area (Å²) >= 11 is 0.786. The lowest BCUT2D eigenvalue weighted by atomic mass is 10.2. The number of amides is 1. The van der Waals surface area contributed by atoms with Crippen LogP contribution in [-0.2, 0) is 17.9 Å². The molecule has 0 radical (unpaired) electrons. The number of aromatic nitrogens is 2. The lowest BCUT2D eigenvalue weighted by Gasteiger charge is -1.99. The first-order valence-corrected chi connectivity index (χ1v) is 6.84. The molecule has 0 saturated heterocycles. The molecule has 1 aromatic carbocycles. The van der Waals surface area contributed by atoms with Crippen LogP contribution < -0.4 is 16.0 Å². The van der Waals surface area contributed by atoms with Gasteiger partial charge in [-0.05, 0) is 5.56 Å². The molecule has 1 amide bonds. The maximum absolute atomic E-state index is 12.1. The molecule has 21 heavy (non-hydrogen) atoms. The molecule has 110 valence electrons. The second-order valence-electron chi connectivity index (χ2n) is 4.15. The van der Waals surface area contributed by atoms with E-state index in [2.05, 4.69) is 0 Å². The number of benzene rings is 1. The number of rotatable bonds is 5. The molecule has 2 aromatic rings. The van der Waals surface area contributed by atoms with E-state index in [0.717, 1.165) is 27.7 Å². The Balaban J connectivity index is 2.18. The van der Waals surface area contributed by atoms with E-state index in [1.165, 1.54) is 15.5 Å². The van der Waals surface area contributed by atoms with Gasteiger partial charge in [0.1, 0.15) is 0 Å².